The topological polar surface area (TPSA) is 124 Å². The van der Waals surface area contributed by atoms with Crippen LogP contribution in [0.3, 0.4) is 0 Å². The maximum atomic E-state index is 12.0. The normalized spacial score (nSPS) is 10.2. The van der Waals surface area contributed by atoms with E-state index in [0.29, 0.717) is 0 Å². The number of hydrogen-bond acceptors (Lipinski definition) is 6. The number of hydrogen-bond donors (Lipinski definition) is 1. The van der Waals surface area contributed by atoms with E-state index in [1.807, 2.05) is 6.07 Å². The van der Waals surface area contributed by atoms with Crippen LogP contribution < -0.4 is 5.73 Å². The lowest BCUT2D eigenvalue weighted by atomic mass is 10.2. The highest BCUT2D eigenvalue weighted by Crippen LogP contribution is 2.37. The lowest BCUT2D eigenvalue weighted by molar-refractivity contribution is -0.384. The number of esters is 1. The summed E-state index contributed by atoms with van der Waals surface area (Å²) in [5, 5.41) is 20.5. The molecule has 0 fully saturated rings. The average molecular weight is 400 g/mol. The van der Waals surface area contributed by atoms with Crippen molar-refractivity contribution >= 4 is 44.9 Å². The largest absolute Gasteiger partial charge is 0.464 e. The third kappa shape index (κ3) is 2.86. The van der Waals surface area contributed by atoms with Crippen molar-refractivity contribution in [2.75, 3.05) is 12.8 Å². The Bertz CT molecular complexity index is 872. The molecule has 0 aliphatic heterocycles. The lowest BCUT2D eigenvalue weighted by Gasteiger charge is -2.11. The Labute approximate surface area is 143 Å². The maximum absolute atomic E-state index is 12.0. The number of benzene rings is 1. The molecule has 0 saturated heterocycles. The second kappa shape index (κ2) is 6.28. The summed E-state index contributed by atoms with van der Waals surface area (Å²) in [5.41, 5.74) is 5.09. The summed E-state index contributed by atoms with van der Waals surface area (Å²) in [7, 11) is 1.14. The Hall–Kier alpha value is -2.57. The van der Waals surface area contributed by atoms with Gasteiger partial charge in [-0.3, -0.25) is 10.1 Å². The molecule has 2 aromatic rings. The van der Waals surface area contributed by atoms with Crippen molar-refractivity contribution in [3.63, 3.8) is 0 Å². The number of aromatic nitrogens is 1. The van der Waals surface area contributed by atoms with Crippen LogP contribution in [0.5, 0.6) is 0 Å². The quantitative estimate of drug-likeness (QED) is 0.480. The molecule has 118 valence electrons. The smallest absolute Gasteiger partial charge is 0.357 e. The van der Waals surface area contributed by atoms with Crippen molar-refractivity contribution in [3.8, 4) is 11.8 Å². The SMILES string of the molecule is COC(=O)c1c(N)c(C#N)cn1-c1c(Br)cc(Cl)cc1[N+](=O)[O-]. The van der Waals surface area contributed by atoms with E-state index in [0.717, 1.165) is 17.7 Å². The van der Waals surface area contributed by atoms with Crippen molar-refractivity contribution in [1.29, 1.82) is 5.26 Å². The molecule has 2 N–H and O–H groups in total. The van der Waals surface area contributed by atoms with Crippen molar-refractivity contribution in [3.05, 3.63) is 49.2 Å². The van der Waals surface area contributed by atoms with E-state index < -0.39 is 10.9 Å². The van der Waals surface area contributed by atoms with Crippen LogP contribution in [0.1, 0.15) is 16.1 Å². The number of anilines is 1. The average Bonchev–Trinajstić information content (AvgIpc) is 2.82. The lowest BCUT2D eigenvalue weighted by Crippen LogP contribution is -2.12. The van der Waals surface area contributed by atoms with Crippen LogP contribution in [0, 0.1) is 21.4 Å². The molecule has 23 heavy (non-hydrogen) atoms. The van der Waals surface area contributed by atoms with E-state index in [1.165, 1.54) is 12.3 Å². The van der Waals surface area contributed by atoms with Gasteiger partial charge in [0.1, 0.15) is 11.8 Å². The number of nitrogen functional groups attached to an aromatic ring is 1. The monoisotopic (exact) mass is 398 g/mol. The van der Waals surface area contributed by atoms with Crippen molar-refractivity contribution in [2.45, 2.75) is 0 Å². The molecule has 1 heterocycles. The Morgan fingerprint density at radius 1 is 1.57 bits per heavy atom. The molecular formula is C13H8BrClN4O4. The van der Waals surface area contributed by atoms with Crippen molar-refractivity contribution < 1.29 is 14.5 Å². The van der Waals surface area contributed by atoms with Gasteiger partial charge >= 0.3 is 5.97 Å². The number of methoxy groups -OCH3 is 1. The Balaban J connectivity index is 2.91. The number of nitrogens with zero attached hydrogens (tertiary/aromatic N) is 3. The van der Waals surface area contributed by atoms with E-state index in [4.69, 9.17) is 22.6 Å². The summed E-state index contributed by atoms with van der Waals surface area (Å²) in [4.78, 5) is 22.6. The summed E-state index contributed by atoms with van der Waals surface area (Å²) in [6.07, 6.45) is 1.22. The molecule has 2 rings (SSSR count). The van der Waals surface area contributed by atoms with Crippen molar-refractivity contribution in [1.82, 2.24) is 4.57 Å². The number of carbonyl (C=O) groups excluding carboxylic acids is 1. The van der Waals surface area contributed by atoms with Crippen LogP contribution in [0.15, 0.2) is 22.8 Å². The number of rotatable bonds is 3. The predicted octanol–water partition coefficient (Wildman–Crippen LogP) is 3.04. The predicted molar refractivity (Wildman–Crippen MR) is 85.6 cm³/mol. The van der Waals surface area contributed by atoms with Gasteiger partial charge in [-0.1, -0.05) is 11.6 Å². The molecule has 0 atom stereocenters. The molecule has 0 aliphatic rings. The minimum atomic E-state index is -0.833. The first-order valence-electron chi connectivity index (χ1n) is 5.94. The number of nitro benzene ring substituents is 1. The highest BCUT2D eigenvalue weighted by molar-refractivity contribution is 9.10. The molecule has 0 amide bonds. The minimum Gasteiger partial charge on any atom is -0.464 e. The van der Waals surface area contributed by atoms with Crippen LogP contribution in [0.2, 0.25) is 5.02 Å². The molecule has 0 unspecified atom stereocenters. The first kappa shape index (κ1) is 16.8. The van der Waals surface area contributed by atoms with Gasteiger partial charge in [-0.15, -0.1) is 0 Å². The van der Waals surface area contributed by atoms with E-state index in [2.05, 4.69) is 20.7 Å². The first-order chi connectivity index (χ1) is 10.8. The van der Waals surface area contributed by atoms with E-state index in [9.17, 15) is 14.9 Å². The number of halogens is 2. The fraction of sp³-hybridized carbons (Fsp3) is 0.0769. The number of carbonyl (C=O) groups is 1. The molecule has 0 spiro atoms. The summed E-state index contributed by atoms with van der Waals surface area (Å²) >= 11 is 9.01. The van der Waals surface area contributed by atoms with Gasteiger partial charge in [0.25, 0.3) is 5.69 Å². The van der Waals surface area contributed by atoms with Crippen LogP contribution in [-0.4, -0.2) is 22.6 Å². The summed E-state index contributed by atoms with van der Waals surface area (Å²) in [5.74, 6) is -0.833. The number of ether oxygens (including phenoxy) is 1. The van der Waals surface area contributed by atoms with Gasteiger partial charge in [0, 0.05) is 17.3 Å². The van der Waals surface area contributed by atoms with Crippen LogP contribution >= 0.6 is 27.5 Å². The number of nitro groups is 1. The van der Waals surface area contributed by atoms with Crippen molar-refractivity contribution in [2.24, 2.45) is 0 Å². The van der Waals surface area contributed by atoms with E-state index in [1.54, 1.807) is 0 Å². The number of nitriles is 1. The summed E-state index contributed by atoms with van der Waals surface area (Å²) in [6, 6.07) is 4.37. The fourth-order valence-electron chi connectivity index (χ4n) is 2.02. The van der Waals surface area contributed by atoms with Gasteiger partial charge in [0.15, 0.2) is 5.69 Å². The molecule has 0 bridgehead atoms. The Morgan fingerprint density at radius 3 is 2.74 bits per heavy atom. The van der Waals surface area contributed by atoms with Gasteiger partial charge in [0.2, 0.25) is 0 Å². The van der Waals surface area contributed by atoms with Gasteiger partial charge in [-0.25, -0.2) is 4.79 Å². The van der Waals surface area contributed by atoms with Gasteiger partial charge in [-0.05, 0) is 22.0 Å². The zero-order valence-corrected chi connectivity index (χ0v) is 13.9. The third-order valence-corrected chi connectivity index (χ3v) is 3.81. The molecule has 8 nitrogen and oxygen atoms in total. The van der Waals surface area contributed by atoms with E-state index >= 15 is 0 Å². The Kier molecular flexibility index (Phi) is 4.58. The zero-order valence-electron chi connectivity index (χ0n) is 11.5. The fourth-order valence-corrected chi connectivity index (χ4v) is 3.01. The van der Waals surface area contributed by atoms with E-state index in [-0.39, 0.29) is 37.8 Å². The van der Waals surface area contributed by atoms with Gasteiger partial charge in [0.05, 0.1) is 27.8 Å². The Morgan fingerprint density at radius 2 is 2.22 bits per heavy atom. The van der Waals surface area contributed by atoms with Crippen LogP contribution in [-0.2, 0) is 4.74 Å². The van der Waals surface area contributed by atoms with Gasteiger partial charge in [-0.2, -0.15) is 5.26 Å². The van der Waals surface area contributed by atoms with Gasteiger partial charge < -0.3 is 15.0 Å². The maximum Gasteiger partial charge on any atom is 0.357 e. The molecular weight excluding hydrogens is 392 g/mol. The second-order valence-electron chi connectivity index (χ2n) is 4.29. The zero-order chi connectivity index (χ0) is 17.3. The minimum absolute atomic E-state index is 0.00741. The highest BCUT2D eigenvalue weighted by Gasteiger charge is 2.28. The highest BCUT2D eigenvalue weighted by atomic mass is 79.9. The molecule has 10 heteroatoms. The summed E-state index contributed by atoms with van der Waals surface area (Å²) in [6.45, 7) is 0. The molecule has 0 saturated carbocycles. The van der Waals surface area contributed by atoms with Crippen LogP contribution in [0.25, 0.3) is 5.69 Å². The number of nitrogens with two attached hydrogens (primary N) is 1. The molecule has 0 aliphatic carbocycles. The summed E-state index contributed by atoms with van der Waals surface area (Å²) < 4.78 is 6.03. The molecule has 1 aromatic carbocycles. The molecule has 1 aromatic heterocycles. The first-order valence-corrected chi connectivity index (χ1v) is 7.12. The van der Waals surface area contributed by atoms with Crippen LogP contribution in [0.4, 0.5) is 11.4 Å². The standard InChI is InChI=1S/C13H8BrClN4O4/c1-23-13(20)12-10(17)6(4-16)5-18(12)11-8(14)2-7(15)3-9(11)19(21)22/h2-3,5H,17H2,1H3. The third-order valence-electron chi connectivity index (χ3n) is 2.99. The second-order valence-corrected chi connectivity index (χ2v) is 5.58. The molecule has 0 radical (unpaired) electrons.